The zero-order valence-electron chi connectivity index (χ0n) is 15.1. The van der Waals surface area contributed by atoms with Gasteiger partial charge in [-0.25, -0.2) is 4.98 Å². The van der Waals surface area contributed by atoms with Crippen LogP contribution >= 0.6 is 22.9 Å². The number of hydrogen-bond acceptors (Lipinski definition) is 5. The van der Waals surface area contributed by atoms with Crippen LogP contribution in [0.15, 0.2) is 35.8 Å². The van der Waals surface area contributed by atoms with E-state index in [1.165, 1.54) is 11.3 Å². The van der Waals surface area contributed by atoms with Crippen molar-refractivity contribution in [2.75, 3.05) is 11.9 Å². The molecule has 4 N–H and O–H groups in total. The molecule has 7 nitrogen and oxygen atoms in total. The first-order valence-electron chi connectivity index (χ1n) is 8.55. The zero-order valence-corrected chi connectivity index (χ0v) is 16.7. The van der Waals surface area contributed by atoms with Gasteiger partial charge in [0.15, 0.2) is 5.13 Å². The van der Waals surface area contributed by atoms with Crippen molar-refractivity contribution in [3.05, 3.63) is 52.1 Å². The van der Waals surface area contributed by atoms with E-state index in [1.807, 2.05) is 13.0 Å². The van der Waals surface area contributed by atoms with Crippen molar-refractivity contribution in [2.45, 2.75) is 19.8 Å². The predicted octanol–water partition coefficient (Wildman–Crippen LogP) is 4.00. The molecule has 0 atom stereocenters. The Kier molecular flexibility index (Phi) is 6.33. The number of aryl methyl sites for hydroxylation is 1. The fraction of sp³-hybridized carbons (Fsp3) is 0.211. The number of rotatable bonds is 8. The smallest absolute Gasteiger partial charge is 0.265 e. The van der Waals surface area contributed by atoms with Crippen molar-refractivity contribution >= 4 is 39.9 Å². The maximum Gasteiger partial charge on any atom is 0.265 e. The molecule has 3 aromatic rings. The number of nitrogens with two attached hydrogens (primary N) is 1. The number of amides is 2. The van der Waals surface area contributed by atoms with E-state index in [4.69, 9.17) is 22.1 Å². The molecule has 0 fully saturated rings. The van der Waals surface area contributed by atoms with Crippen LogP contribution in [0.25, 0.3) is 11.3 Å². The maximum absolute atomic E-state index is 12.1. The van der Waals surface area contributed by atoms with Crippen molar-refractivity contribution in [3.8, 4) is 17.0 Å². The maximum atomic E-state index is 12.1. The Labute approximate surface area is 170 Å². The van der Waals surface area contributed by atoms with Crippen LogP contribution in [0, 0.1) is 6.92 Å². The van der Waals surface area contributed by atoms with Crippen LogP contribution in [0.3, 0.4) is 0 Å². The number of hydrogen-bond donors (Lipinski definition) is 3. The molecule has 0 aliphatic carbocycles. The second-order valence-electron chi connectivity index (χ2n) is 6.12. The molecule has 0 spiro atoms. The molecular formula is C19H19ClN4O3S. The minimum absolute atomic E-state index is 0.135. The number of aromatic nitrogens is 2. The van der Waals surface area contributed by atoms with E-state index in [1.54, 1.807) is 29.8 Å². The lowest BCUT2D eigenvalue weighted by atomic mass is 10.2. The fourth-order valence-electron chi connectivity index (χ4n) is 2.46. The molecule has 0 saturated carbocycles. The van der Waals surface area contributed by atoms with Crippen molar-refractivity contribution in [1.29, 1.82) is 0 Å². The molecule has 0 aliphatic rings. The van der Waals surface area contributed by atoms with E-state index < -0.39 is 5.91 Å². The Hall–Kier alpha value is -2.84. The van der Waals surface area contributed by atoms with Crippen molar-refractivity contribution in [2.24, 2.45) is 5.73 Å². The highest BCUT2D eigenvalue weighted by Gasteiger charge is 2.11. The van der Waals surface area contributed by atoms with E-state index in [0.717, 1.165) is 16.9 Å². The molecule has 0 radical (unpaired) electrons. The molecule has 0 aliphatic heterocycles. The monoisotopic (exact) mass is 418 g/mol. The second-order valence-corrected chi connectivity index (χ2v) is 7.38. The molecule has 146 valence electrons. The molecule has 2 heterocycles. The largest absolute Gasteiger partial charge is 0.494 e. The third-order valence-electron chi connectivity index (χ3n) is 3.94. The lowest BCUT2D eigenvalue weighted by Crippen LogP contribution is -2.12. The molecule has 0 saturated heterocycles. The third-order valence-corrected chi connectivity index (χ3v) is 5.12. The van der Waals surface area contributed by atoms with Crippen LogP contribution in [0.2, 0.25) is 5.02 Å². The van der Waals surface area contributed by atoms with Crippen LogP contribution in [-0.2, 0) is 4.79 Å². The van der Waals surface area contributed by atoms with Crippen LogP contribution in [0.4, 0.5) is 5.13 Å². The molecule has 1 aromatic carbocycles. The number of halogens is 1. The summed E-state index contributed by atoms with van der Waals surface area (Å²) in [5.74, 6) is 0.0587. The summed E-state index contributed by atoms with van der Waals surface area (Å²) in [6.45, 7) is 2.34. The molecule has 0 unspecified atom stereocenters. The Morgan fingerprint density at radius 1 is 1.36 bits per heavy atom. The number of primary amides is 1. The van der Waals surface area contributed by atoms with E-state index in [-0.39, 0.29) is 5.91 Å². The topological polar surface area (TPSA) is 110 Å². The van der Waals surface area contributed by atoms with Gasteiger partial charge in [0, 0.05) is 28.6 Å². The summed E-state index contributed by atoms with van der Waals surface area (Å²) in [7, 11) is 0. The number of H-pyrrole nitrogens is 1. The number of aromatic amines is 1. The van der Waals surface area contributed by atoms with Gasteiger partial charge in [0.05, 0.1) is 12.3 Å². The molecular weight excluding hydrogens is 400 g/mol. The van der Waals surface area contributed by atoms with Gasteiger partial charge in [-0.15, -0.1) is 11.3 Å². The summed E-state index contributed by atoms with van der Waals surface area (Å²) in [4.78, 5) is 30.4. The third kappa shape index (κ3) is 5.11. The van der Waals surface area contributed by atoms with Gasteiger partial charge in [-0.1, -0.05) is 11.6 Å². The molecule has 3 rings (SSSR count). The number of thiazole rings is 1. The average Bonchev–Trinajstić information content (AvgIpc) is 3.31. The summed E-state index contributed by atoms with van der Waals surface area (Å²) in [6, 6.07) is 7.08. The number of carbonyl (C=O) groups excluding carboxylic acids is 2. The number of benzene rings is 1. The van der Waals surface area contributed by atoms with Gasteiger partial charge in [0.1, 0.15) is 11.4 Å². The van der Waals surface area contributed by atoms with Gasteiger partial charge in [-0.3, -0.25) is 9.59 Å². The number of nitrogens with zero attached hydrogens (tertiary/aromatic N) is 1. The summed E-state index contributed by atoms with van der Waals surface area (Å²) < 4.78 is 5.63. The summed E-state index contributed by atoms with van der Waals surface area (Å²) >= 11 is 7.29. The van der Waals surface area contributed by atoms with Crippen molar-refractivity contribution < 1.29 is 14.3 Å². The summed E-state index contributed by atoms with van der Waals surface area (Å²) in [6.07, 6.45) is 2.54. The van der Waals surface area contributed by atoms with Gasteiger partial charge >= 0.3 is 0 Å². The second kappa shape index (κ2) is 8.90. The number of carbonyl (C=O) groups is 2. The minimum Gasteiger partial charge on any atom is -0.494 e. The summed E-state index contributed by atoms with van der Waals surface area (Å²) in [5, 5.41) is 5.76. The lowest BCUT2D eigenvalue weighted by Gasteiger charge is -2.07. The first-order chi connectivity index (χ1) is 13.4. The summed E-state index contributed by atoms with van der Waals surface area (Å²) in [5.41, 5.74) is 7.87. The van der Waals surface area contributed by atoms with Gasteiger partial charge in [0.2, 0.25) is 5.91 Å². The number of nitrogens with one attached hydrogen (secondary N) is 2. The quantitative estimate of drug-likeness (QED) is 0.480. The highest BCUT2D eigenvalue weighted by atomic mass is 35.5. The average molecular weight is 419 g/mol. The zero-order chi connectivity index (χ0) is 20.1. The van der Waals surface area contributed by atoms with Crippen LogP contribution < -0.4 is 15.8 Å². The Morgan fingerprint density at radius 3 is 2.89 bits per heavy atom. The van der Waals surface area contributed by atoms with Gasteiger partial charge in [-0.2, -0.15) is 0 Å². The minimum atomic E-state index is -0.536. The molecule has 2 aromatic heterocycles. The highest BCUT2D eigenvalue weighted by molar-refractivity contribution is 7.14. The predicted molar refractivity (Wildman–Crippen MR) is 110 cm³/mol. The van der Waals surface area contributed by atoms with Crippen LogP contribution in [0.5, 0.6) is 5.75 Å². The number of ether oxygens (including phenoxy) is 1. The van der Waals surface area contributed by atoms with E-state index in [9.17, 15) is 9.59 Å². The van der Waals surface area contributed by atoms with Gasteiger partial charge in [-0.05, 0) is 43.2 Å². The van der Waals surface area contributed by atoms with Crippen LogP contribution in [0.1, 0.15) is 28.9 Å². The van der Waals surface area contributed by atoms with Crippen molar-refractivity contribution in [3.63, 3.8) is 0 Å². The van der Waals surface area contributed by atoms with Gasteiger partial charge < -0.3 is 20.8 Å². The molecule has 9 heteroatoms. The standard InChI is InChI=1S/C19H19ClN4O3S/c1-11-7-13(4-5-14(11)20)27-6-2-3-17(25)24-19-23-16(10-28-19)12-8-15(18(21)26)22-9-12/h4-5,7-10,22H,2-3,6H2,1H3,(H2,21,26)(H,23,24,25). The van der Waals surface area contributed by atoms with E-state index in [0.29, 0.717) is 41.0 Å². The van der Waals surface area contributed by atoms with E-state index >= 15 is 0 Å². The highest BCUT2D eigenvalue weighted by Crippen LogP contribution is 2.25. The normalized spacial score (nSPS) is 10.6. The van der Waals surface area contributed by atoms with Gasteiger partial charge in [0.25, 0.3) is 5.91 Å². The molecule has 2 amide bonds. The van der Waals surface area contributed by atoms with Crippen molar-refractivity contribution in [1.82, 2.24) is 9.97 Å². The first-order valence-corrected chi connectivity index (χ1v) is 9.81. The molecule has 0 bridgehead atoms. The Bertz CT molecular complexity index is 999. The lowest BCUT2D eigenvalue weighted by molar-refractivity contribution is -0.116. The first kappa shape index (κ1) is 19.9. The fourth-order valence-corrected chi connectivity index (χ4v) is 3.31. The molecule has 28 heavy (non-hydrogen) atoms. The van der Waals surface area contributed by atoms with E-state index in [2.05, 4.69) is 15.3 Å². The van der Waals surface area contributed by atoms with Crippen LogP contribution in [-0.4, -0.2) is 28.4 Å². The Balaban J connectivity index is 1.45. The number of anilines is 1. The Morgan fingerprint density at radius 2 is 2.18 bits per heavy atom. The SMILES string of the molecule is Cc1cc(OCCCC(=O)Nc2nc(-c3c[nH]c(C(N)=O)c3)cs2)ccc1Cl.